The quantitative estimate of drug-likeness (QED) is 0.0337. The van der Waals surface area contributed by atoms with Crippen molar-refractivity contribution in [2.24, 2.45) is 0 Å². The van der Waals surface area contributed by atoms with Gasteiger partial charge in [-0.05, 0) is 116 Å². The number of para-hydroxylation sites is 2. The van der Waals surface area contributed by atoms with Crippen LogP contribution in [0.15, 0.2) is 334 Å². The molecule has 0 N–H and O–H groups in total. The summed E-state index contributed by atoms with van der Waals surface area (Å²) < 4.78 is 143. The van der Waals surface area contributed by atoms with Gasteiger partial charge in [0.2, 0.25) is 0 Å². The molecule has 16 aromatic rings. The summed E-state index contributed by atoms with van der Waals surface area (Å²) in [4.78, 5) is 4.83. The van der Waals surface area contributed by atoms with E-state index in [0.29, 0.717) is 45.7 Å². The van der Waals surface area contributed by atoms with E-state index >= 15 is 35.1 Å². The molecule has 0 radical (unpaired) electrons. The smallest absolute Gasteiger partial charge is 0.382 e. The van der Waals surface area contributed by atoms with Crippen LogP contribution in [0.1, 0.15) is 37.5 Å². The Labute approximate surface area is 635 Å². The van der Waals surface area contributed by atoms with E-state index in [1.54, 1.807) is 30.5 Å². The maximum absolute atomic E-state index is 17.0. The molecule has 0 saturated heterocycles. The van der Waals surface area contributed by atoms with E-state index in [2.05, 4.69) is 136 Å². The summed E-state index contributed by atoms with van der Waals surface area (Å²) in [5, 5.41) is 10.1. The summed E-state index contributed by atoms with van der Waals surface area (Å²) in [5.74, 6) is -23.8. The molecule has 0 amide bonds. The molecule has 0 bridgehead atoms. The Morgan fingerprint density at radius 2 is 0.824 bits per heavy atom. The molecule has 3 heterocycles. The minimum Gasteiger partial charge on any atom is -0.510 e. The zero-order valence-electron chi connectivity index (χ0n) is 58.3. The van der Waals surface area contributed by atoms with Gasteiger partial charge < -0.3 is 13.9 Å². The molecule has 108 heavy (non-hydrogen) atoms. The van der Waals surface area contributed by atoms with Crippen LogP contribution in [-0.4, -0.2) is 42.1 Å². The van der Waals surface area contributed by atoms with Gasteiger partial charge in [0.1, 0.15) is 5.82 Å². The standard InChI is InChI=1S/C92H64F8N4OSi2.Pt/c1-88(2,3)64-52-53-101-86(56-64)104-82-49-23-22-46-78(82)79-51-50-67(58-83(79)104)105-66-31-26-30-65(57-66)102-61-103(85-60-81-80(59-84(85)102)89(93,94)91(97,98)92(99,100)90(81,95)96)87-76(62-28-24-44-74(54-62)106(68-32-10-4-11-33-68,69-34-12-5-13-35-69)70-36-14-6-15-37-70)47-27-48-77(87)63-29-25-45-75(55-63)107(71-38-16-7-17-39-71,72-40-18-8-19-41-72)73-42-20-9-21-43-73;/h4-56,59-60H,1-3H3;/q-2;. The summed E-state index contributed by atoms with van der Waals surface area (Å²) in [6.45, 7) is 6.37. The summed E-state index contributed by atoms with van der Waals surface area (Å²) in [6, 6.07) is 112. The van der Waals surface area contributed by atoms with Crippen molar-refractivity contribution in [3.63, 3.8) is 0 Å². The van der Waals surface area contributed by atoms with Crippen LogP contribution in [0.3, 0.4) is 0 Å². The number of hydrogen-bond acceptors (Lipinski definition) is 2. The van der Waals surface area contributed by atoms with Crippen LogP contribution in [0.4, 0.5) is 35.1 Å². The van der Waals surface area contributed by atoms with Crippen molar-refractivity contribution in [3.05, 3.63) is 369 Å². The average Bonchev–Trinajstić information content (AvgIpc) is 1.05. The molecule has 16 heteroatoms. The fourth-order valence-corrected chi connectivity index (χ4v) is 25.5. The number of ether oxygens (including phenoxy) is 1. The number of imidazole rings is 1. The molecule has 0 saturated carbocycles. The van der Waals surface area contributed by atoms with Crippen LogP contribution < -0.4 is 50.8 Å². The number of alkyl halides is 8. The van der Waals surface area contributed by atoms with Gasteiger partial charge in [-0.1, -0.05) is 293 Å². The van der Waals surface area contributed by atoms with Crippen molar-refractivity contribution in [1.29, 1.82) is 0 Å². The molecule has 0 unspecified atom stereocenters. The molecule has 0 fully saturated rings. The molecule has 0 spiro atoms. The topological polar surface area (TPSA) is 35.9 Å². The Morgan fingerprint density at radius 3 is 1.31 bits per heavy atom. The van der Waals surface area contributed by atoms with Gasteiger partial charge in [0.25, 0.3) is 6.33 Å². The fourth-order valence-electron chi connectivity index (χ4n) is 15.9. The van der Waals surface area contributed by atoms with Crippen molar-refractivity contribution in [2.45, 2.75) is 49.9 Å². The second-order valence-corrected chi connectivity index (χ2v) is 35.7. The van der Waals surface area contributed by atoms with Crippen molar-refractivity contribution in [2.75, 3.05) is 0 Å². The first-order valence-electron chi connectivity index (χ1n) is 35.1. The van der Waals surface area contributed by atoms with Crippen LogP contribution in [0.5, 0.6) is 11.5 Å². The minimum atomic E-state index is -6.56. The summed E-state index contributed by atoms with van der Waals surface area (Å²) >= 11 is 0. The monoisotopic (exact) mass is 1640 g/mol. The molecule has 13 aromatic carbocycles. The largest absolute Gasteiger partial charge is 0.510 e. The number of aromatic nitrogens is 4. The van der Waals surface area contributed by atoms with Gasteiger partial charge in [0.05, 0.1) is 16.7 Å². The Kier molecular flexibility index (Phi) is 17.8. The number of fused-ring (bicyclic) bond motifs is 5. The fraction of sp³-hybridized carbons (Fsp3) is 0.0870. The number of pyridine rings is 1. The number of rotatable bonds is 15. The number of hydrogen-bond donors (Lipinski definition) is 0. The van der Waals surface area contributed by atoms with E-state index in [-0.39, 0.29) is 60.4 Å². The molecule has 0 aliphatic heterocycles. The molecular weight excluding hydrogens is 1580 g/mol. The first-order valence-corrected chi connectivity index (χ1v) is 39.1. The predicted octanol–water partition coefficient (Wildman–Crippen LogP) is 17.4. The first kappa shape index (κ1) is 70.9. The van der Waals surface area contributed by atoms with Crippen LogP contribution in [0, 0.1) is 18.5 Å². The van der Waals surface area contributed by atoms with Gasteiger partial charge in [-0.3, -0.25) is 4.57 Å². The molecule has 5 nitrogen and oxygen atoms in total. The van der Waals surface area contributed by atoms with Crippen molar-refractivity contribution in [1.82, 2.24) is 14.1 Å². The SMILES string of the molecule is CC(C)(C)c1ccnc(-n2c3[c-]c(Oc4[c-]c(-n5[c-][n+](-c6c(-c7cccc([Si](c8ccccc8)(c8ccccc8)c8ccccc8)c7)cccc6-c6cccc([Si](c7ccccc7)(c7ccccc7)c7ccccc7)c6)c6cc7c(cc65)C(F)(F)C(F)(F)C(F)(F)C7(F)F)ccc4)ccc3c3ccccc32)c1.[Pt]. The molecule has 1 aliphatic carbocycles. The van der Waals surface area contributed by atoms with E-state index in [0.717, 1.165) is 63.3 Å². The van der Waals surface area contributed by atoms with E-state index in [9.17, 15) is 0 Å². The molecular formula is C92H64F8N4OPtSi2-2. The summed E-state index contributed by atoms with van der Waals surface area (Å²) in [5.41, 5.74) is 0.0915. The van der Waals surface area contributed by atoms with Gasteiger partial charge in [0, 0.05) is 55.4 Å². The Balaban J connectivity index is 0.00000890. The van der Waals surface area contributed by atoms with Gasteiger partial charge in [0.15, 0.2) is 16.1 Å². The molecule has 3 aromatic heterocycles. The normalized spacial score (nSPS) is 14.5. The minimum absolute atomic E-state index is 0. The molecule has 534 valence electrons. The van der Waals surface area contributed by atoms with Crippen LogP contribution in [0.2, 0.25) is 0 Å². The third kappa shape index (κ3) is 11.2. The number of halogens is 8. The Morgan fingerprint density at radius 1 is 0.398 bits per heavy atom. The van der Waals surface area contributed by atoms with E-state index < -0.39 is 51.0 Å². The van der Waals surface area contributed by atoms with Crippen molar-refractivity contribution >= 4 is 90.5 Å². The van der Waals surface area contributed by atoms with Gasteiger partial charge in [-0.25, -0.2) is 4.98 Å². The summed E-state index contributed by atoms with van der Waals surface area (Å²) in [6.07, 6.45) is 5.13. The van der Waals surface area contributed by atoms with E-state index in [1.165, 1.54) is 9.13 Å². The van der Waals surface area contributed by atoms with Crippen LogP contribution >= 0.6 is 0 Å². The number of nitrogens with zero attached hydrogens (tertiary/aromatic N) is 4. The van der Waals surface area contributed by atoms with E-state index in [1.807, 2.05) is 199 Å². The number of benzene rings is 13. The van der Waals surface area contributed by atoms with Gasteiger partial charge in [-0.15, -0.1) is 29.7 Å². The van der Waals surface area contributed by atoms with Crippen molar-refractivity contribution in [3.8, 4) is 50.9 Å². The molecule has 0 atom stereocenters. The zero-order chi connectivity index (χ0) is 73.7. The Bertz CT molecular complexity index is 5680. The second kappa shape index (κ2) is 27.1. The van der Waals surface area contributed by atoms with Gasteiger partial charge in [-0.2, -0.15) is 53.3 Å². The maximum atomic E-state index is 17.0. The van der Waals surface area contributed by atoms with Gasteiger partial charge >= 0.3 is 23.7 Å². The molecule has 17 rings (SSSR count). The van der Waals surface area contributed by atoms with Crippen LogP contribution in [-0.2, 0) is 38.3 Å². The predicted molar refractivity (Wildman–Crippen MR) is 414 cm³/mol. The summed E-state index contributed by atoms with van der Waals surface area (Å²) in [7, 11) is -6.65. The Hall–Kier alpha value is -11.4. The van der Waals surface area contributed by atoms with Crippen molar-refractivity contribution < 1.29 is 65.5 Å². The first-order chi connectivity index (χ1) is 51.7. The zero-order valence-corrected chi connectivity index (χ0v) is 62.6. The second-order valence-electron chi connectivity index (χ2n) is 28.1. The third-order valence-corrected chi connectivity index (χ3v) is 30.5. The average molecular weight is 1640 g/mol. The third-order valence-electron chi connectivity index (χ3n) is 21.0. The van der Waals surface area contributed by atoms with E-state index in [4.69, 9.17) is 9.72 Å². The van der Waals surface area contributed by atoms with Crippen LogP contribution in [0.25, 0.3) is 72.3 Å². The maximum Gasteiger partial charge on any atom is 0.382 e. The molecule has 1 aliphatic rings.